The summed E-state index contributed by atoms with van der Waals surface area (Å²) >= 11 is 0. The second-order valence-corrected chi connectivity index (χ2v) is 5.95. The van der Waals surface area contributed by atoms with E-state index in [9.17, 15) is 4.79 Å². The van der Waals surface area contributed by atoms with Gasteiger partial charge in [-0.15, -0.1) is 0 Å². The van der Waals surface area contributed by atoms with Crippen molar-refractivity contribution in [2.75, 3.05) is 0 Å². The third-order valence-corrected chi connectivity index (χ3v) is 3.35. The molecule has 1 rings (SSSR count). The minimum Gasteiger partial charge on any atom is -0.455 e. The molecule has 1 aliphatic carbocycles. The SMILES string of the molecule is C=CC1(OC(=O)CC)CC(C)CC(C)(C)C1. The van der Waals surface area contributed by atoms with Crippen molar-refractivity contribution in [3.05, 3.63) is 12.7 Å². The number of ether oxygens (including phenoxy) is 1. The number of rotatable bonds is 3. The van der Waals surface area contributed by atoms with E-state index in [1.165, 1.54) is 6.42 Å². The smallest absolute Gasteiger partial charge is 0.306 e. The summed E-state index contributed by atoms with van der Waals surface area (Å²) in [5, 5.41) is 0. The van der Waals surface area contributed by atoms with Gasteiger partial charge in [0.05, 0.1) is 0 Å². The third kappa shape index (κ3) is 3.10. The van der Waals surface area contributed by atoms with Crippen molar-refractivity contribution < 1.29 is 9.53 Å². The summed E-state index contributed by atoms with van der Waals surface area (Å²) in [6.45, 7) is 12.4. The van der Waals surface area contributed by atoms with Gasteiger partial charge in [-0.2, -0.15) is 0 Å². The second-order valence-electron chi connectivity index (χ2n) is 5.95. The summed E-state index contributed by atoms with van der Waals surface area (Å²) in [6, 6.07) is 0. The van der Waals surface area contributed by atoms with Crippen LogP contribution in [-0.4, -0.2) is 11.6 Å². The Balaban J connectivity index is 2.85. The van der Waals surface area contributed by atoms with E-state index in [2.05, 4.69) is 27.4 Å². The average molecular weight is 224 g/mol. The monoisotopic (exact) mass is 224 g/mol. The van der Waals surface area contributed by atoms with Gasteiger partial charge in [0.15, 0.2) is 0 Å². The largest absolute Gasteiger partial charge is 0.455 e. The molecule has 0 spiro atoms. The molecule has 92 valence electrons. The van der Waals surface area contributed by atoms with Crippen molar-refractivity contribution in [1.29, 1.82) is 0 Å². The molecule has 0 saturated heterocycles. The fourth-order valence-electron chi connectivity index (χ4n) is 3.13. The third-order valence-electron chi connectivity index (χ3n) is 3.35. The molecular formula is C14H24O2. The van der Waals surface area contributed by atoms with E-state index in [-0.39, 0.29) is 11.4 Å². The molecule has 0 aromatic carbocycles. The molecule has 0 bridgehead atoms. The zero-order valence-electron chi connectivity index (χ0n) is 11.0. The first-order chi connectivity index (χ1) is 7.32. The maximum absolute atomic E-state index is 11.5. The van der Waals surface area contributed by atoms with E-state index < -0.39 is 5.60 Å². The molecule has 0 aromatic heterocycles. The lowest BCUT2D eigenvalue weighted by Gasteiger charge is -2.45. The Labute approximate surface area is 99.1 Å². The molecule has 1 fully saturated rings. The van der Waals surface area contributed by atoms with Crippen LogP contribution in [0.4, 0.5) is 0 Å². The topological polar surface area (TPSA) is 26.3 Å². The summed E-state index contributed by atoms with van der Waals surface area (Å²) in [6.07, 6.45) is 5.25. The first-order valence-corrected chi connectivity index (χ1v) is 6.18. The summed E-state index contributed by atoms with van der Waals surface area (Å²) in [5.74, 6) is 0.455. The van der Waals surface area contributed by atoms with Crippen molar-refractivity contribution >= 4 is 5.97 Å². The lowest BCUT2D eigenvalue weighted by atomic mass is 9.66. The maximum atomic E-state index is 11.5. The molecule has 0 radical (unpaired) electrons. The van der Waals surface area contributed by atoms with Gasteiger partial charge in [0.25, 0.3) is 0 Å². The van der Waals surface area contributed by atoms with Gasteiger partial charge in [-0.25, -0.2) is 0 Å². The quantitative estimate of drug-likeness (QED) is 0.539. The summed E-state index contributed by atoms with van der Waals surface area (Å²) in [7, 11) is 0. The lowest BCUT2D eigenvalue weighted by molar-refractivity contribution is -0.162. The van der Waals surface area contributed by atoms with Crippen LogP contribution < -0.4 is 0 Å². The molecule has 2 nitrogen and oxygen atoms in total. The fourth-order valence-corrected chi connectivity index (χ4v) is 3.13. The molecule has 0 N–H and O–H groups in total. The van der Waals surface area contributed by atoms with Gasteiger partial charge in [0.2, 0.25) is 0 Å². The maximum Gasteiger partial charge on any atom is 0.306 e. The number of carbonyl (C=O) groups excluding carboxylic acids is 1. The van der Waals surface area contributed by atoms with Crippen molar-refractivity contribution in [2.24, 2.45) is 11.3 Å². The first-order valence-electron chi connectivity index (χ1n) is 6.18. The summed E-state index contributed by atoms with van der Waals surface area (Å²) < 4.78 is 5.63. The summed E-state index contributed by atoms with van der Waals surface area (Å²) in [5.41, 5.74) is -0.214. The molecule has 16 heavy (non-hydrogen) atoms. The van der Waals surface area contributed by atoms with Gasteiger partial charge in [0, 0.05) is 6.42 Å². The Morgan fingerprint density at radius 2 is 2.12 bits per heavy atom. The molecule has 2 atom stereocenters. The van der Waals surface area contributed by atoms with E-state index in [0.29, 0.717) is 12.3 Å². The zero-order chi connectivity index (χ0) is 12.4. The molecule has 2 unspecified atom stereocenters. The van der Waals surface area contributed by atoms with Crippen LogP contribution in [0.2, 0.25) is 0 Å². The van der Waals surface area contributed by atoms with Gasteiger partial charge < -0.3 is 4.74 Å². The van der Waals surface area contributed by atoms with Crippen LogP contribution in [-0.2, 0) is 9.53 Å². The van der Waals surface area contributed by atoms with Gasteiger partial charge >= 0.3 is 5.97 Å². The van der Waals surface area contributed by atoms with Gasteiger partial charge in [-0.3, -0.25) is 4.79 Å². The van der Waals surface area contributed by atoms with E-state index in [1.807, 2.05) is 13.0 Å². The standard InChI is InChI=1S/C14H24O2/c1-6-12(15)16-14(7-2)9-11(3)8-13(4,5)10-14/h7,11H,2,6,8-10H2,1,3-5H3. The Kier molecular flexibility index (Phi) is 3.82. The van der Waals surface area contributed by atoms with Crippen molar-refractivity contribution in [2.45, 2.75) is 59.0 Å². The van der Waals surface area contributed by atoms with Crippen molar-refractivity contribution in [3.8, 4) is 0 Å². The van der Waals surface area contributed by atoms with Crippen LogP contribution >= 0.6 is 0 Å². The average Bonchev–Trinajstić information content (AvgIpc) is 2.14. The van der Waals surface area contributed by atoms with Crippen molar-refractivity contribution in [3.63, 3.8) is 0 Å². The number of hydrogen-bond donors (Lipinski definition) is 0. The molecule has 0 heterocycles. The highest BCUT2D eigenvalue weighted by molar-refractivity contribution is 5.69. The van der Waals surface area contributed by atoms with Crippen LogP contribution in [0.5, 0.6) is 0 Å². The highest BCUT2D eigenvalue weighted by Crippen LogP contribution is 2.46. The van der Waals surface area contributed by atoms with Gasteiger partial charge in [-0.1, -0.05) is 34.3 Å². The van der Waals surface area contributed by atoms with Crippen LogP contribution in [0, 0.1) is 11.3 Å². The van der Waals surface area contributed by atoms with Crippen LogP contribution in [0.1, 0.15) is 53.4 Å². The van der Waals surface area contributed by atoms with E-state index in [4.69, 9.17) is 4.74 Å². The highest BCUT2D eigenvalue weighted by atomic mass is 16.6. The number of hydrogen-bond acceptors (Lipinski definition) is 2. The molecule has 2 heteroatoms. The molecule has 0 aliphatic heterocycles. The molecule has 0 aromatic rings. The Bertz CT molecular complexity index is 280. The minimum atomic E-state index is -0.436. The van der Waals surface area contributed by atoms with Gasteiger partial charge in [-0.05, 0) is 36.7 Å². The van der Waals surface area contributed by atoms with Crippen LogP contribution in [0.3, 0.4) is 0 Å². The Hall–Kier alpha value is -0.790. The normalized spacial score (nSPS) is 33.1. The van der Waals surface area contributed by atoms with Gasteiger partial charge in [0.1, 0.15) is 5.60 Å². The zero-order valence-corrected chi connectivity index (χ0v) is 11.0. The van der Waals surface area contributed by atoms with E-state index in [1.54, 1.807) is 0 Å². The Morgan fingerprint density at radius 1 is 1.50 bits per heavy atom. The second kappa shape index (κ2) is 4.60. The Morgan fingerprint density at radius 3 is 2.56 bits per heavy atom. The van der Waals surface area contributed by atoms with Crippen LogP contribution in [0.15, 0.2) is 12.7 Å². The number of esters is 1. The van der Waals surface area contributed by atoms with Crippen molar-refractivity contribution in [1.82, 2.24) is 0 Å². The fraction of sp³-hybridized carbons (Fsp3) is 0.786. The lowest BCUT2D eigenvalue weighted by Crippen LogP contribution is -2.44. The molecule has 1 aliphatic rings. The van der Waals surface area contributed by atoms with Crippen LogP contribution in [0.25, 0.3) is 0 Å². The van der Waals surface area contributed by atoms with E-state index >= 15 is 0 Å². The van der Waals surface area contributed by atoms with E-state index in [0.717, 1.165) is 12.8 Å². The highest BCUT2D eigenvalue weighted by Gasteiger charge is 2.43. The number of carbonyl (C=O) groups is 1. The predicted octanol–water partition coefficient (Wildman–Crippen LogP) is 3.71. The molecule has 0 amide bonds. The molecule has 1 saturated carbocycles. The minimum absolute atomic E-state index is 0.121. The summed E-state index contributed by atoms with van der Waals surface area (Å²) in [4.78, 5) is 11.5. The first kappa shape index (κ1) is 13.3. The predicted molar refractivity (Wildman–Crippen MR) is 66.1 cm³/mol. The molecular weight excluding hydrogens is 200 g/mol.